The lowest BCUT2D eigenvalue weighted by Gasteiger charge is -2.18. The van der Waals surface area contributed by atoms with Crippen molar-refractivity contribution < 1.29 is 23.7 Å². The fourth-order valence-corrected chi connectivity index (χ4v) is 2.71. The molecule has 0 spiro atoms. The maximum absolute atomic E-state index is 12.0. The number of benzene rings is 2. The highest BCUT2D eigenvalue weighted by Crippen LogP contribution is 2.18. The third-order valence-corrected chi connectivity index (χ3v) is 4.08. The van der Waals surface area contributed by atoms with Crippen LogP contribution in [0.5, 0.6) is 0 Å². The molecule has 2 rings (SSSR count). The first kappa shape index (κ1) is 19.9. The van der Waals surface area contributed by atoms with Crippen LogP contribution in [-0.2, 0) is 18.9 Å². The Morgan fingerprint density at radius 3 is 1.42 bits per heavy atom. The smallest absolute Gasteiger partial charge is 0.434 e. The van der Waals surface area contributed by atoms with Crippen LogP contribution in [0.4, 0.5) is 4.79 Å². The summed E-state index contributed by atoms with van der Waals surface area (Å²) in [4.78, 5) is 12.0. The summed E-state index contributed by atoms with van der Waals surface area (Å²) in [7, 11) is 3.26. The molecular weight excluding hydrogens is 332 g/mol. The van der Waals surface area contributed by atoms with Gasteiger partial charge < -0.3 is 18.9 Å². The predicted molar refractivity (Wildman–Crippen MR) is 99.4 cm³/mol. The number of carbonyl (C=O) groups is 1. The number of methoxy groups -OCH3 is 2. The molecule has 0 fully saturated rings. The summed E-state index contributed by atoms with van der Waals surface area (Å²) in [5.41, 5.74) is 2.12. The van der Waals surface area contributed by atoms with E-state index in [1.165, 1.54) is 0 Å². The molecule has 0 aliphatic carbocycles. The summed E-state index contributed by atoms with van der Waals surface area (Å²) in [5, 5.41) is 0. The lowest BCUT2D eigenvalue weighted by Crippen LogP contribution is -2.20. The summed E-state index contributed by atoms with van der Waals surface area (Å²) in [6, 6.07) is 19.6. The molecule has 0 amide bonds. The standard InChI is InChI=1S/C21H26O5/c1-23-13-19(17-9-5-3-6-10-17)15-25-21(22)26-16-20(14-24-2)18-11-7-4-8-12-18/h3-12,19-20H,13-16H2,1-2H3. The minimum Gasteiger partial charge on any atom is -0.434 e. The van der Waals surface area contributed by atoms with Gasteiger partial charge in [-0.1, -0.05) is 60.7 Å². The molecule has 0 saturated carbocycles. The predicted octanol–water partition coefficient (Wildman–Crippen LogP) is 4.00. The van der Waals surface area contributed by atoms with Crippen LogP contribution >= 0.6 is 0 Å². The first-order valence-electron chi connectivity index (χ1n) is 8.62. The average Bonchev–Trinajstić information content (AvgIpc) is 2.69. The highest BCUT2D eigenvalue weighted by Gasteiger charge is 2.17. The van der Waals surface area contributed by atoms with Crippen molar-refractivity contribution in [3.63, 3.8) is 0 Å². The zero-order chi connectivity index (χ0) is 18.6. The van der Waals surface area contributed by atoms with Gasteiger partial charge in [-0.3, -0.25) is 0 Å². The summed E-state index contributed by atoms with van der Waals surface area (Å²) in [6.45, 7) is 1.34. The van der Waals surface area contributed by atoms with Crippen molar-refractivity contribution in [3.8, 4) is 0 Å². The van der Waals surface area contributed by atoms with E-state index in [1.807, 2.05) is 60.7 Å². The van der Waals surface area contributed by atoms with Gasteiger partial charge in [-0.15, -0.1) is 0 Å². The molecule has 2 aromatic rings. The lowest BCUT2D eigenvalue weighted by atomic mass is 10.0. The highest BCUT2D eigenvalue weighted by molar-refractivity contribution is 5.60. The van der Waals surface area contributed by atoms with E-state index in [2.05, 4.69) is 0 Å². The van der Waals surface area contributed by atoms with Gasteiger partial charge in [-0.25, -0.2) is 4.79 Å². The Kier molecular flexibility index (Phi) is 8.66. The lowest BCUT2D eigenvalue weighted by molar-refractivity contribution is 0.0329. The molecule has 5 heteroatoms. The molecule has 26 heavy (non-hydrogen) atoms. The fraction of sp³-hybridized carbons (Fsp3) is 0.381. The van der Waals surface area contributed by atoms with Crippen LogP contribution in [0.1, 0.15) is 23.0 Å². The number of hydrogen-bond donors (Lipinski definition) is 0. The van der Waals surface area contributed by atoms with Crippen molar-refractivity contribution in [2.45, 2.75) is 11.8 Å². The van der Waals surface area contributed by atoms with E-state index in [4.69, 9.17) is 18.9 Å². The van der Waals surface area contributed by atoms with Crippen LogP contribution in [0.15, 0.2) is 60.7 Å². The van der Waals surface area contributed by atoms with Crippen LogP contribution in [0.2, 0.25) is 0 Å². The molecule has 2 unspecified atom stereocenters. The van der Waals surface area contributed by atoms with E-state index in [0.29, 0.717) is 13.2 Å². The van der Waals surface area contributed by atoms with Gasteiger partial charge in [0.15, 0.2) is 0 Å². The Hall–Kier alpha value is -2.37. The van der Waals surface area contributed by atoms with Gasteiger partial charge in [0.25, 0.3) is 0 Å². The number of ether oxygens (including phenoxy) is 4. The van der Waals surface area contributed by atoms with E-state index in [9.17, 15) is 4.79 Å². The number of rotatable bonds is 10. The van der Waals surface area contributed by atoms with Crippen molar-refractivity contribution >= 4 is 6.16 Å². The second-order valence-corrected chi connectivity index (χ2v) is 6.00. The van der Waals surface area contributed by atoms with E-state index < -0.39 is 6.16 Å². The molecule has 0 N–H and O–H groups in total. The molecule has 5 nitrogen and oxygen atoms in total. The number of hydrogen-bond acceptors (Lipinski definition) is 5. The van der Waals surface area contributed by atoms with Gasteiger partial charge in [-0.2, -0.15) is 0 Å². The van der Waals surface area contributed by atoms with Crippen molar-refractivity contribution in [2.75, 3.05) is 40.6 Å². The summed E-state index contributed by atoms with van der Waals surface area (Å²) in [5.74, 6) is -0.0599. The quantitative estimate of drug-likeness (QED) is 0.601. The second kappa shape index (κ2) is 11.3. The average molecular weight is 358 g/mol. The summed E-state index contributed by atoms with van der Waals surface area (Å²) >= 11 is 0. The van der Waals surface area contributed by atoms with E-state index in [-0.39, 0.29) is 25.0 Å². The topological polar surface area (TPSA) is 54.0 Å². The van der Waals surface area contributed by atoms with E-state index >= 15 is 0 Å². The van der Waals surface area contributed by atoms with Crippen molar-refractivity contribution in [2.24, 2.45) is 0 Å². The van der Waals surface area contributed by atoms with Crippen molar-refractivity contribution in [1.29, 1.82) is 0 Å². The van der Waals surface area contributed by atoms with Crippen molar-refractivity contribution in [3.05, 3.63) is 71.8 Å². The molecular formula is C21H26O5. The van der Waals surface area contributed by atoms with Crippen LogP contribution in [0, 0.1) is 0 Å². The van der Waals surface area contributed by atoms with E-state index in [1.54, 1.807) is 14.2 Å². The fourth-order valence-electron chi connectivity index (χ4n) is 2.71. The molecule has 0 heterocycles. The van der Waals surface area contributed by atoms with Gasteiger partial charge in [-0.05, 0) is 11.1 Å². The van der Waals surface area contributed by atoms with Crippen LogP contribution in [0.25, 0.3) is 0 Å². The first-order valence-corrected chi connectivity index (χ1v) is 8.62. The van der Waals surface area contributed by atoms with Crippen LogP contribution in [0.3, 0.4) is 0 Å². The van der Waals surface area contributed by atoms with Gasteiger partial charge in [0.05, 0.1) is 13.2 Å². The Bertz CT molecular complexity index is 574. The Morgan fingerprint density at radius 1 is 0.692 bits per heavy atom. The molecule has 2 aromatic carbocycles. The van der Waals surface area contributed by atoms with Crippen LogP contribution < -0.4 is 0 Å². The maximum Gasteiger partial charge on any atom is 0.508 e. The Morgan fingerprint density at radius 2 is 1.08 bits per heavy atom. The molecule has 140 valence electrons. The van der Waals surface area contributed by atoms with Gasteiger partial charge in [0.2, 0.25) is 0 Å². The maximum atomic E-state index is 12.0. The third-order valence-electron chi connectivity index (χ3n) is 4.08. The van der Waals surface area contributed by atoms with Crippen molar-refractivity contribution in [1.82, 2.24) is 0 Å². The molecule has 0 bridgehead atoms. The molecule has 0 saturated heterocycles. The summed E-state index contributed by atoms with van der Waals surface area (Å²) in [6.07, 6.45) is -0.681. The molecule has 0 aromatic heterocycles. The van der Waals surface area contributed by atoms with Gasteiger partial charge >= 0.3 is 6.16 Å². The third kappa shape index (κ3) is 6.50. The largest absolute Gasteiger partial charge is 0.508 e. The molecule has 2 atom stereocenters. The zero-order valence-corrected chi connectivity index (χ0v) is 15.3. The zero-order valence-electron chi connectivity index (χ0n) is 15.3. The minimum atomic E-state index is -0.681. The monoisotopic (exact) mass is 358 g/mol. The Labute approximate surface area is 154 Å². The van der Waals surface area contributed by atoms with Gasteiger partial charge in [0.1, 0.15) is 13.2 Å². The van der Waals surface area contributed by atoms with E-state index in [0.717, 1.165) is 11.1 Å². The normalized spacial score (nSPS) is 13.0. The molecule has 0 aliphatic rings. The number of carbonyl (C=O) groups excluding carboxylic acids is 1. The second-order valence-electron chi connectivity index (χ2n) is 6.00. The highest BCUT2D eigenvalue weighted by atomic mass is 16.7. The molecule has 0 radical (unpaired) electrons. The molecule has 0 aliphatic heterocycles. The summed E-state index contributed by atoms with van der Waals surface area (Å²) < 4.78 is 21.0. The SMILES string of the molecule is COCC(COC(=O)OCC(COC)c1ccccc1)c1ccccc1. The van der Waals surface area contributed by atoms with Crippen LogP contribution in [-0.4, -0.2) is 46.8 Å². The minimum absolute atomic E-state index is 0.0300. The Balaban J connectivity index is 1.84. The van der Waals surface area contributed by atoms with Gasteiger partial charge in [0, 0.05) is 26.1 Å². The first-order chi connectivity index (χ1) is 12.7.